The van der Waals surface area contributed by atoms with Gasteiger partial charge in [-0.25, -0.2) is 0 Å². The number of nitrogens with zero attached hydrogens (tertiary/aromatic N) is 2. The number of rotatable bonds is 6. The van der Waals surface area contributed by atoms with Crippen molar-refractivity contribution in [1.82, 2.24) is 15.4 Å². The Balaban J connectivity index is 1.71. The van der Waals surface area contributed by atoms with Gasteiger partial charge in [-0.1, -0.05) is 17.3 Å². The number of para-hydroxylation sites is 1. The molecule has 1 N–H and O–H groups in total. The van der Waals surface area contributed by atoms with E-state index in [-0.39, 0.29) is 5.91 Å². The Morgan fingerprint density at radius 2 is 2.20 bits per heavy atom. The van der Waals surface area contributed by atoms with Crippen LogP contribution in [-0.2, 0) is 6.61 Å². The van der Waals surface area contributed by atoms with Gasteiger partial charge in [0.05, 0.1) is 16.8 Å². The van der Waals surface area contributed by atoms with Crippen LogP contribution in [0.25, 0.3) is 0 Å². The molecule has 0 radical (unpaired) electrons. The number of likely N-dealkylation sites (tertiary alicyclic amines) is 1. The van der Waals surface area contributed by atoms with Gasteiger partial charge in [-0.15, -0.1) is 0 Å². The Kier molecular flexibility index (Phi) is 5.38. The number of nitrogens with one attached hydrogen (secondary N) is 1. The summed E-state index contributed by atoms with van der Waals surface area (Å²) >= 11 is 0. The average Bonchev–Trinajstić information content (AvgIpc) is 3.20. The highest BCUT2D eigenvalue weighted by Crippen LogP contribution is 2.25. The van der Waals surface area contributed by atoms with Crippen LogP contribution in [0.4, 0.5) is 0 Å². The second kappa shape index (κ2) is 7.70. The van der Waals surface area contributed by atoms with E-state index in [4.69, 9.17) is 9.26 Å². The molecule has 25 heavy (non-hydrogen) atoms. The Morgan fingerprint density at radius 1 is 1.40 bits per heavy atom. The number of ether oxygens (including phenoxy) is 1. The molecule has 6 nitrogen and oxygen atoms in total. The SMILES string of the molecule is CNCC1CCN(C(=O)c2ccccc2OCc2c(C)noc2C)C1. The maximum atomic E-state index is 12.9. The van der Waals surface area contributed by atoms with Crippen LogP contribution in [0, 0.1) is 19.8 Å². The van der Waals surface area contributed by atoms with E-state index in [0.29, 0.717) is 23.8 Å². The lowest BCUT2D eigenvalue weighted by atomic mass is 10.1. The first-order valence-electron chi connectivity index (χ1n) is 8.67. The van der Waals surface area contributed by atoms with Gasteiger partial charge in [0.1, 0.15) is 18.1 Å². The first-order valence-corrected chi connectivity index (χ1v) is 8.67. The van der Waals surface area contributed by atoms with Gasteiger partial charge in [0.2, 0.25) is 0 Å². The molecule has 0 bridgehead atoms. The molecule has 3 rings (SSSR count). The standard InChI is InChI=1S/C19H25N3O3/c1-13-17(14(2)25-21-13)12-24-18-7-5-4-6-16(18)19(23)22-9-8-15(11-22)10-20-3/h4-7,15,20H,8-12H2,1-3H3. The van der Waals surface area contributed by atoms with Crippen LogP contribution in [-0.4, -0.2) is 42.6 Å². The van der Waals surface area contributed by atoms with Crippen LogP contribution >= 0.6 is 0 Å². The molecule has 0 saturated carbocycles. The summed E-state index contributed by atoms with van der Waals surface area (Å²) in [6.07, 6.45) is 1.04. The number of hydrogen-bond donors (Lipinski definition) is 1. The van der Waals surface area contributed by atoms with Crippen LogP contribution in [0.2, 0.25) is 0 Å². The summed E-state index contributed by atoms with van der Waals surface area (Å²) in [6.45, 7) is 6.61. The molecule has 1 fully saturated rings. The smallest absolute Gasteiger partial charge is 0.257 e. The molecule has 6 heteroatoms. The summed E-state index contributed by atoms with van der Waals surface area (Å²) in [5, 5.41) is 7.13. The Morgan fingerprint density at radius 3 is 2.92 bits per heavy atom. The van der Waals surface area contributed by atoms with Gasteiger partial charge in [0.25, 0.3) is 5.91 Å². The van der Waals surface area contributed by atoms with Crippen molar-refractivity contribution in [2.24, 2.45) is 5.92 Å². The predicted molar refractivity (Wildman–Crippen MR) is 94.7 cm³/mol. The van der Waals surface area contributed by atoms with Gasteiger partial charge in [0, 0.05) is 13.1 Å². The van der Waals surface area contributed by atoms with Crippen molar-refractivity contribution < 1.29 is 14.1 Å². The molecule has 1 amide bonds. The van der Waals surface area contributed by atoms with Crippen molar-refractivity contribution in [3.8, 4) is 5.75 Å². The molecule has 1 aliphatic heterocycles. The van der Waals surface area contributed by atoms with Gasteiger partial charge in [-0.2, -0.15) is 0 Å². The number of carbonyl (C=O) groups is 1. The molecule has 0 aliphatic carbocycles. The molecule has 2 heterocycles. The van der Waals surface area contributed by atoms with Crippen LogP contribution in [0.3, 0.4) is 0 Å². The van der Waals surface area contributed by atoms with Crippen molar-refractivity contribution in [2.75, 3.05) is 26.7 Å². The van der Waals surface area contributed by atoms with E-state index in [0.717, 1.165) is 43.1 Å². The summed E-state index contributed by atoms with van der Waals surface area (Å²) in [6, 6.07) is 7.42. The molecule has 1 unspecified atom stereocenters. The van der Waals surface area contributed by atoms with Gasteiger partial charge in [-0.3, -0.25) is 4.79 Å². The fourth-order valence-electron chi connectivity index (χ4n) is 3.27. The molecule has 1 aromatic heterocycles. The minimum absolute atomic E-state index is 0.0352. The number of hydrogen-bond acceptors (Lipinski definition) is 5. The molecule has 1 saturated heterocycles. The van der Waals surface area contributed by atoms with E-state index < -0.39 is 0 Å². The van der Waals surface area contributed by atoms with Gasteiger partial charge < -0.3 is 19.5 Å². The topological polar surface area (TPSA) is 67.6 Å². The van der Waals surface area contributed by atoms with Crippen molar-refractivity contribution in [1.29, 1.82) is 0 Å². The molecular weight excluding hydrogens is 318 g/mol. The van der Waals surface area contributed by atoms with Gasteiger partial charge >= 0.3 is 0 Å². The lowest BCUT2D eigenvalue weighted by Crippen LogP contribution is -2.30. The molecular formula is C19H25N3O3. The van der Waals surface area contributed by atoms with E-state index in [1.54, 1.807) is 0 Å². The fraction of sp³-hybridized carbons (Fsp3) is 0.474. The van der Waals surface area contributed by atoms with Crippen LogP contribution in [0.1, 0.15) is 33.8 Å². The lowest BCUT2D eigenvalue weighted by molar-refractivity contribution is 0.0782. The maximum Gasteiger partial charge on any atom is 0.257 e. The third-order valence-corrected chi connectivity index (χ3v) is 4.74. The van der Waals surface area contributed by atoms with E-state index in [9.17, 15) is 4.79 Å². The lowest BCUT2D eigenvalue weighted by Gasteiger charge is -2.19. The van der Waals surface area contributed by atoms with Crippen LogP contribution < -0.4 is 10.1 Å². The molecule has 1 atom stereocenters. The molecule has 2 aromatic rings. The Hall–Kier alpha value is -2.34. The highest BCUT2D eigenvalue weighted by molar-refractivity contribution is 5.97. The largest absolute Gasteiger partial charge is 0.488 e. The van der Waals surface area contributed by atoms with Crippen molar-refractivity contribution in [2.45, 2.75) is 26.9 Å². The third-order valence-electron chi connectivity index (χ3n) is 4.74. The zero-order valence-electron chi connectivity index (χ0n) is 15.0. The fourth-order valence-corrected chi connectivity index (χ4v) is 3.27. The summed E-state index contributed by atoms with van der Waals surface area (Å²) in [5.41, 5.74) is 2.35. The molecule has 1 aromatic carbocycles. The maximum absolute atomic E-state index is 12.9. The average molecular weight is 343 g/mol. The number of aryl methyl sites for hydroxylation is 2. The highest BCUT2D eigenvalue weighted by Gasteiger charge is 2.28. The second-order valence-electron chi connectivity index (χ2n) is 6.55. The zero-order valence-corrected chi connectivity index (χ0v) is 15.0. The minimum Gasteiger partial charge on any atom is -0.488 e. The van der Waals surface area contributed by atoms with E-state index in [1.807, 2.05) is 50.1 Å². The summed E-state index contributed by atoms with van der Waals surface area (Å²) in [7, 11) is 1.95. The molecule has 0 spiro atoms. The Labute approximate surface area is 148 Å². The number of amides is 1. The monoisotopic (exact) mass is 343 g/mol. The quantitative estimate of drug-likeness (QED) is 0.873. The van der Waals surface area contributed by atoms with E-state index >= 15 is 0 Å². The third kappa shape index (κ3) is 3.85. The predicted octanol–water partition coefficient (Wildman–Crippen LogP) is 2.55. The number of carbonyl (C=O) groups excluding carboxylic acids is 1. The van der Waals surface area contributed by atoms with Crippen LogP contribution in [0.15, 0.2) is 28.8 Å². The number of benzene rings is 1. The molecule has 1 aliphatic rings. The normalized spacial score (nSPS) is 17.1. The summed E-state index contributed by atoms with van der Waals surface area (Å²) in [5.74, 6) is 1.90. The summed E-state index contributed by atoms with van der Waals surface area (Å²) < 4.78 is 11.1. The second-order valence-corrected chi connectivity index (χ2v) is 6.55. The Bertz CT molecular complexity index is 722. The first kappa shape index (κ1) is 17.5. The van der Waals surface area contributed by atoms with E-state index in [2.05, 4.69) is 10.5 Å². The number of aromatic nitrogens is 1. The first-order chi connectivity index (χ1) is 12.1. The van der Waals surface area contributed by atoms with Crippen LogP contribution in [0.5, 0.6) is 5.75 Å². The van der Waals surface area contributed by atoms with Crippen molar-refractivity contribution in [3.63, 3.8) is 0 Å². The summed E-state index contributed by atoms with van der Waals surface area (Å²) in [4.78, 5) is 14.8. The van der Waals surface area contributed by atoms with E-state index in [1.165, 1.54) is 0 Å². The van der Waals surface area contributed by atoms with Crippen molar-refractivity contribution >= 4 is 5.91 Å². The minimum atomic E-state index is 0.0352. The molecule has 134 valence electrons. The van der Waals surface area contributed by atoms with Gasteiger partial charge in [-0.05, 0) is 51.9 Å². The van der Waals surface area contributed by atoms with Gasteiger partial charge in [0.15, 0.2) is 0 Å². The van der Waals surface area contributed by atoms with Crippen molar-refractivity contribution in [3.05, 3.63) is 46.8 Å². The zero-order chi connectivity index (χ0) is 17.8. The highest BCUT2D eigenvalue weighted by atomic mass is 16.5.